The van der Waals surface area contributed by atoms with Crippen LogP contribution < -0.4 is 10.1 Å². The summed E-state index contributed by atoms with van der Waals surface area (Å²) in [5.41, 5.74) is 1.62. The van der Waals surface area contributed by atoms with Crippen LogP contribution in [0, 0.1) is 11.3 Å². The number of carbonyl (C=O) groups excluding carboxylic acids is 1. The van der Waals surface area contributed by atoms with Crippen molar-refractivity contribution in [2.45, 2.75) is 26.2 Å². The van der Waals surface area contributed by atoms with Gasteiger partial charge in [-0.2, -0.15) is 5.26 Å². The molecule has 5 heteroatoms. The molecule has 0 radical (unpaired) electrons. The van der Waals surface area contributed by atoms with E-state index in [1.807, 2.05) is 38.1 Å². The summed E-state index contributed by atoms with van der Waals surface area (Å²) < 4.78 is 5.42. The van der Waals surface area contributed by atoms with Crippen molar-refractivity contribution in [1.29, 1.82) is 5.26 Å². The summed E-state index contributed by atoms with van der Waals surface area (Å²) in [6, 6.07) is 9.89. The van der Waals surface area contributed by atoms with E-state index in [-0.39, 0.29) is 11.8 Å². The number of nitrogens with zero attached hydrogens (tertiary/aromatic N) is 1. The van der Waals surface area contributed by atoms with Crippen LogP contribution in [0.25, 0.3) is 0 Å². The van der Waals surface area contributed by atoms with E-state index in [1.165, 1.54) is 11.8 Å². The molecule has 1 amide bonds. The van der Waals surface area contributed by atoms with E-state index in [4.69, 9.17) is 4.74 Å². The minimum Gasteiger partial charge on any atom is -0.494 e. The lowest BCUT2D eigenvalue weighted by molar-refractivity contribution is -0.120. The Morgan fingerprint density at radius 2 is 2.10 bits per heavy atom. The minimum atomic E-state index is -0.173. The van der Waals surface area contributed by atoms with Gasteiger partial charge in [0, 0.05) is 12.3 Å². The third kappa shape index (κ3) is 3.59. The van der Waals surface area contributed by atoms with Crippen molar-refractivity contribution in [2.24, 2.45) is 0 Å². The fourth-order valence-corrected chi connectivity index (χ4v) is 3.14. The van der Waals surface area contributed by atoms with Crippen LogP contribution in [0.1, 0.15) is 31.7 Å². The molecule has 110 valence electrons. The van der Waals surface area contributed by atoms with Gasteiger partial charge in [0.1, 0.15) is 5.75 Å². The van der Waals surface area contributed by atoms with Crippen molar-refractivity contribution in [3.8, 4) is 11.8 Å². The molecular formula is C16H18N2O2S. The fraction of sp³-hybridized carbons (Fsp3) is 0.375. The molecular weight excluding hydrogens is 284 g/mol. The predicted octanol–water partition coefficient (Wildman–Crippen LogP) is 3.18. The third-order valence-electron chi connectivity index (χ3n) is 3.24. The number of carbonyl (C=O) groups is 1. The van der Waals surface area contributed by atoms with Crippen molar-refractivity contribution in [3.63, 3.8) is 0 Å². The SMILES string of the molecule is CCOc1ccc([C@H]2CC(=O)NC(SCC)=C2C#N)cc1. The van der Waals surface area contributed by atoms with Crippen molar-refractivity contribution in [3.05, 3.63) is 40.4 Å². The number of ether oxygens (including phenoxy) is 1. The molecule has 0 fully saturated rings. The number of hydrogen-bond donors (Lipinski definition) is 1. The van der Waals surface area contributed by atoms with Crippen LogP contribution in [0.15, 0.2) is 34.9 Å². The van der Waals surface area contributed by atoms with E-state index in [0.717, 1.165) is 17.1 Å². The molecule has 0 saturated heterocycles. The first kappa shape index (κ1) is 15.5. The maximum absolute atomic E-state index is 11.9. The van der Waals surface area contributed by atoms with E-state index in [2.05, 4.69) is 11.4 Å². The van der Waals surface area contributed by atoms with Gasteiger partial charge in [-0.1, -0.05) is 19.1 Å². The molecule has 1 atom stereocenters. The molecule has 1 N–H and O–H groups in total. The Morgan fingerprint density at radius 1 is 1.38 bits per heavy atom. The Morgan fingerprint density at radius 3 is 2.67 bits per heavy atom. The highest BCUT2D eigenvalue weighted by Crippen LogP contribution is 2.36. The normalized spacial score (nSPS) is 18.1. The van der Waals surface area contributed by atoms with Gasteiger partial charge < -0.3 is 10.1 Å². The van der Waals surface area contributed by atoms with Crippen LogP contribution in [-0.4, -0.2) is 18.3 Å². The lowest BCUT2D eigenvalue weighted by atomic mass is 9.87. The van der Waals surface area contributed by atoms with Crippen molar-refractivity contribution >= 4 is 17.7 Å². The van der Waals surface area contributed by atoms with Crippen molar-refractivity contribution in [1.82, 2.24) is 5.32 Å². The maximum Gasteiger partial charge on any atom is 0.225 e. The number of rotatable bonds is 5. The van der Waals surface area contributed by atoms with Gasteiger partial charge in [0.05, 0.1) is 23.3 Å². The van der Waals surface area contributed by atoms with Gasteiger partial charge >= 0.3 is 0 Å². The van der Waals surface area contributed by atoms with Crippen LogP contribution >= 0.6 is 11.8 Å². The molecule has 1 aliphatic heterocycles. The van der Waals surface area contributed by atoms with Gasteiger partial charge in [-0.25, -0.2) is 0 Å². The van der Waals surface area contributed by atoms with Crippen LogP contribution in [-0.2, 0) is 4.79 Å². The molecule has 0 aromatic heterocycles. The Hall–Kier alpha value is -1.93. The van der Waals surface area contributed by atoms with Gasteiger partial charge in [0.2, 0.25) is 5.91 Å². The average Bonchev–Trinajstić information content (AvgIpc) is 2.48. The minimum absolute atomic E-state index is 0.0381. The second kappa shape index (κ2) is 7.19. The highest BCUT2D eigenvalue weighted by molar-refractivity contribution is 8.03. The van der Waals surface area contributed by atoms with Gasteiger partial charge in [-0.15, -0.1) is 11.8 Å². The van der Waals surface area contributed by atoms with E-state index in [1.54, 1.807) is 0 Å². The first-order valence-electron chi connectivity index (χ1n) is 6.99. The van der Waals surface area contributed by atoms with Gasteiger partial charge in [0.25, 0.3) is 0 Å². The Bertz CT molecular complexity index is 587. The number of amides is 1. The molecule has 1 heterocycles. The molecule has 2 rings (SSSR count). The largest absolute Gasteiger partial charge is 0.494 e. The summed E-state index contributed by atoms with van der Waals surface area (Å²) in [6.45, 7) is 4.55. The second-order valence-electron chi connectivity index (χ2n) is 4.59. The molecule has 4 nitrogen and oxygen atoms in total. The topological polar surface area (TPSA) is 62.1 Å². The molecule has 0 unspecified atom stereocenters. The molecule has 0 saturated carbocycles. The van der Waals surface area contributed by atoms with Crippen molar-refractivity contribution in [2.75, 3.05) is 12.4 Å². The summed E-state index contributed by atoms with van der Waals surface area (Å²) in [7, 11) is 0. The zero-order valence-electron chi connectivity index (χ0n) is 12.2. The van der Waals surface area contributed by atoms with E-state index < -0.39 is 0 Å². The third-order valence-corrected chi connectivity index (χ3v) is 4.14. The molecule has 1 aromatic carbocycles. The highest BCUT2D eigenvalue weighted by Gasteiger charge is 2.29. The quantitative estimate of drug-likeness (QED) is 0.907. The van der Waals surface area contributed by atoms with E-state index in [0.29, 0.717) is 23.6 Å². The number of benzene rings is 1. The summed E-state index contributed by atoms with van der Waals surface area (Å²) in [5, 5.41) is 12.9. The first-order valence-corrected chi connectivity index (χ1v) is 7.97. The molecule has 0 aliphatic carbocycles. The van der Waals surface area contributed by atoms with Gasteiger partial charge in [0.15, 0.2) is 0 Å². The summed E-state index contributed by atoms with van der Waals surface area (Å²) >= 11 is 1.50. The zero-order valence-corrected chi connectivity index (χ0v) is 13.0. The molecule has 0 spiro atoms. The number of hydrogen-bond acceptors (Lipinski definition) is 4. The number of thioether (sulfide) groups is 1. The Balaban J connectivity index is 2.33. The van der Waals surface area contributed by atoms with Gasteiger partial charge in [-0.3, -0.25) is 4.79 Å². The second-order valence-corrected chi connectivity index (χ2v) is 5.87. The van der Waals surface area contributed by atoms with E-state index in [9.17, 15) is 10.1 Å². The highest BCUT2D eigenvalue weighted by atomic mass is 32.2. The Labute approximate surface area is 129 Å². The van der Waals surface area contributed by atoms with Crippen LogP contribution in [0.3, 0.4) is 0 Å². The molecule has 0 bridgehead atoms. The molecule has 21 heavy (non-hydrogen) atoms. The zero-order chi connectivity index (χ0) is 15.2. The molecule has 1 aromatic rings. The lowest BCUT2D eigenvalue weighted by Gasteiger charge is -2.25. The summed E-state index contributed by atoms with van der Waals surface area (Å²) in [4.78, 5) is 11.9. The van der Waals surface area contributed by atoms with E-state index >= 15 is 0 Å². The van der Waals surface area contributed by atoms with Crippen LogP contribution in [0.4, 0.5) is 0 Å². The van der Waals surface area contributed by atoms with Crippen molar-refractivity contribution < 1.29 is 9.53 Å². The number of nitriles is 1. The maximum atomic E-state index is 11.9. The monoisotopic (exact) mass is 302 g/mol. The fourth-order valence-electron chi connectivity index (χ4n) is 2.33. The standard InChI is InChI=1S/C16H18N2O2S/c1-3-20-12-7-5-11(6-8-12)13-9-15(19)18-16(21-4-2)14(13)10-17/h5-8,13H,3-4,9H2,1-2H3,(H,18,19)/t13-/m1/s1. The predicted molar refractivity (Wildman–Crippen MR) is 83.9 cm³/mol. The van der Waals surface area contributed by atoms with Crippen LogP contribution in [0.2, 0.25) is 0 Å². The van der Waals surface area contributed by atoms with Crippen LogP contribution in [0.5, 0.6) is 5.75 Å². The first-order chi connectivity index (χ1) is 10.2. The number of allylic oxidation sites excluding steroid dienone is 1. The lowest BCUT2D eigenvalue weighted by Crippen LogP contribution is -2.30. The Kier molecular flexibility index (Phi) is 5.29. The average molecular weight is 302 g/mol. The summed E-state index contributed by atoms with van der Waals surface area (Å²) in [5.74, 6) is 1.40. The summed E-state index contributed by atoms with van der Waals surface area (Å²) in [6.07, 6.45) is 0.310. The smallest absolute Gasteiger partial charge is 0.225 e. The molecule has 1 aliphatic rings. The van der Waals surface area contributed by atoms with Gasteiger partial charge in [-0.05, 0) is 30.4 Å². The number of nitrogens with one attached hydrogen (secondary N) is 1.